The first-order chi connectivity index (χ1) is 6.85. The Morgan fingerprint density at radius 3 is 2.27 bits per heavy atom. The highest BCUT2D eigenvalue weighted by Crippen LogP contribution is 2.37. The van der Waals surface area contributed by atoms with Crippen molar-refractivity contribution in [2.24, 2.45) is 5.41 Å². The fourth-order valence-electron chi connectivity index (χ4n) is 2.41. The molecule has 1 N–H and O–H groups in total. The Morgan fingerprint density at radius 1 is 1.27 bits per heavy atom. The Kier molecular flexibility index (Phi) is 4.19. The van der Waals surface area contributed by atoms with E-state index < -0.39 is 0 Å². The molecule has 0 radical (unpaired) electrons. The lowest BCUT2D eigenvalue weighted by Crippen LogP contribution is -2.41. The molecule has 0 aromatic rings. The zero-order chi connectivity index (χ0) is 11.5. The lowest BCUT2D eigenvalue weighted by molar-refractivity contribution is -0.0922. The maximum absolute atomic E-state index is 6.15. The van der Waals surface area contributed by atoms with Crippen molar-refractivity contribution < 1.29 is 4.74 Å². The molecule has 1 aliphatic rings. The standard InChI is InChI=1S/C13H27NO/c1-12(2)8-6-11(7-9-12)15-13(3,4)10-14-5/h11,14H,6-10H2,1-5H3. The summed E-state index contributed by atoms with van der Waals surface area (Å²) in [5.74, 6) is 0. The van der Waals surface area contributed by atoms with Crippen LogP contribution >= 0.6 is 0 Å². The van der Waals surface area contributed by atoms with Crippen LogP contribution in [0.2, 0.25) is 0 Å². The largest absolute Gasteiger partial charge is 0.371 e. The molecule has 0 aromatic carbocycles. The van der Waals surface area contributed by atoms with Gasteiger partial charge in [-0.3, -0.25) is 0 Å². The lowest BCUT2D eigenvalue weighted by Gasteiger charge is -2.38. The topological polar surface area (TPSA) is 21.3 Å². The summed E-state index contributed by atoms with van der Waals surface area (Å²) in [4.78, 5) is 0. The van der Waals surface area contributed by atoms with Crippen molar-refractivity contribution in [3.05, 3.63) is 0 Å². The number of hydrogen-bond donors (Lipinski definition) is 1. The van der Waals surface area contributed by atoms with Crippen LogP contribution in [0.15, 0.2) is 0 Å². The molecule has 90 valence electrons. The highest BCUT2D eigenvalue weighted by atomic mass is 16.5. The Balaban J connectivity index is 2.35. The number of ether oxygens (including phenoxy) is 1. The first-order valence-electron chi connectivity index (χ1n) is 6.17. The molecule has 0 unspecified atom stereocenters. The SMILES string of the molecule is CNCC(C)(C)OC1CCC(C)(C)CC1. The molecule has 0 spiro atoms. The minimum absolute atomic E-state index is 0.0269. The fourth-order valence-corrected chi connectivity index (χ4v) is 2.41. The molecule has 1 aliphatic carbocycles. The molecule has 0 aliphatic heterocycles. The molecule has 0 bridgehead atoms. The van der Waals surface area contributed by atoms with Crippen molar-refractivity contribution in [1.29, 1.82) is 0 Å². The number of rotatable bonds is 4. The second-order valence-corrected chi connectivity index (χ2v) is 6.27. The quantitative estimate of drug-likeness (QED) is 0.775. The first-order valence-corrected chi connectivity index (χ1v) is 6.17. The van der Waals surface area contributed by atoms with E-state index in [0.717, 1.165) is 6.54 Å². The molecule has 0 heterocycles. The predicted molar refractivity (Wildman–Crippen MR) is 65.1 cm³/mol. The molecule has 2 heteroatoms. The average Bonchev–Trinajstić information content (AvgIpc) is 2.08. The van der Waals surface area contributed by atoms with Gasteiger partial charge in [-0.2, -0.15) is 0 Å². The fraction of sp³-hybridized carbons (Fsp3) is 1.00. The summed E-state index contributed by atoms with van der Waals surface area (Å²) in [6, 6.07) is 0. The minimum atomic E-state index is -0.0269. The lowest BCUT2D eigenvalue weighted by atomic mass is 9.76. The summed E-state index contributed by atoms with van der Waals surface area (Å²) in [6.45, 7) is 9.99. The van der Waals surface area contributed by atoms with E-state index in [1.54, 1.807) is 0 Å². The molecule has 1 fully saturated rings. The Labute approximate surface area is 94.8 Å². The minimum Gasteiger partial charge on any atom is -0.371 e. The third kappa shape index (κ3) is 4.52. The molecule has 1 saturated carbocycles. The van der Waals surface area contributed by atoms with Gasteiger partial charge in [0.15, 0.2) is 0 Å². The summed E-state index contributed by atoms with van der Waals surface area (Å²) in [7, 11) is 1.98. The van der Waals surface area contributed by atoms with Crippen LogP contribution in [0.4, 0.5) is 0 Å². The van der Waals surface area contributed by atoms with Crippen LogP contribution in [0.1, 0.15) is 53.4 Å². The van der Waals surface area contributed by atoms with Crippen LogP contribution in [0.25, 0.3) is 0 Å². The van der Waals surface area contributed by atoms with Crippen LogP contribution in [0.5, 0.6) is 0 Å². The summed E-state index contributed by atoms with van der Waals surface area (Å²) in [5, 5.41) is 3.19. The molecule has 0 amide bonds. The molecule has 0 saturated heterocycles. The van der Waals surface area contributed by atoms with Crippen LogP contribution in [-0.4, -0.2) is 25.3 Å². The maximum Gasteiger partial charge on any atom is 0.0753 e. The number of nitrogens with one attached hydrogen (secondary N) is 1. The van der Waals surface area contributed by atoms with Gasteiger partial charge in [0.05, 0.1) is 11.7 Å². The van der Waals surface area contributed by atoms with Crippen LogP contribution in [0, 0.1) is 5.41 Å². The van der Waals surface area contributed by atoms with Gasteiger partial charge in [-0.15, -0.1) is 0 Å². The Morgan fingerprint density at radius 2 is 1.80 bits per heavy atom. The number of likely N-dealkylation sites (N-methyl/N-ethyl adjacent to an activating group) is 1. The van der Waals surface area contributed by atoms with Gasteiger partial charge in [0.2, 0.25) is 0 Å². The second-order valence-electron chi connectivity index (χ2n) is 6.27. The van der Waals surface area contributed by atoms with Crippen molar-refractivity contribution in [2.45, 2.75) is 65.1 Å². The smallest absolute Gasteiger partial charge is 0.0753 e. The van der Waals surface area contributed by atoms with Crippen LogP contribution in [-0.2, 0) is 4.74 Å². The molecular formula is C13H27NO. The molecule has 1 rings (SSSR count). The zero-order valence-electron chi connectivity index (χ0n) is 11.0. The monoisotopic (exact) mass is 213 g/mol. The van der Waals surface area contributed by atoms with Crippen LogP contribution < -0.4 is 5.32 Å². The van der Waals surface area contributed by atoms with Crippen molar-refractivity contribution in [1.82, 2.24) is 5.32 Å². The van der Waals surface area contributed by atoms with Crippen molar-refractivity contribution >= 4 is 0 Å². The Hall–Kier alpha value is -0.0800. The van der Waals surface area contributed by atoms with Gasteiger partial charge in [0, 0.05) is 6.54 Å². The van der Waals surface area contributed by atoms with E-state index in [2.05, 4.69) is 33.0 Å². The zero-order valence-corrected chi connectivity index (χ0v) is 11.0. The molecular weight excluding hydrogens is 186 g/mol. The molecule has 2 nitrogen and oxygen atoms in total. The van der Waals surface area contributed by atoms with Gasteiger partial charge < -0.3 is 10.1 Å². The van der Waals surface area contributed by atoms with Crippen LogP contribution in [0.3, 0.4) is 0 Å². The predicted octanol–water partition coefficient (Wildman–Crippen LogP) is 2.97. The first kappa shape index (κ1) is 13.0. The third-order valence-corrected chi connectivity index (χ3v) is 3.37. The van der Waals surface area contributed by atoms with Crippen molar-refractivity contribution in [3.63, 3.8) is 0 Å². The van der Waals surface area contributed by atoms with E-state index in [4.69, 9.17) is 4.74 Å². The normalized spacial score (nSPS) is 23.0. The van der Waals surface area contributed by atoms with Gasteiger partial charge in [-0.25, -0.2) is 0 Å². The molecule has 0 atom stereocenters. The second kappa shape index (κ2) is 4.84. The van der Waals surface area contributed by atoms with Gasteiger partial charge in [-0.1, -0.05) is 13.8 Å². The summed E-state index contributed by atoms with van der Waals surface area (Å²) < 4.78 is 6.15. The summed E-state index contributed by atoms with van der Waals surface area (Å²) >= 11 is 0. The average molecular weight is 213 g/mol. The van der Waals surface area contributed by atoms with E-state index in [9.17, 15) is 0 Å². The summed E-state index contributed by atoms with van der Waals surface area (Å²) in [6.07, 6.45) is 5.52. The molecule has 0 aromatic heterocycles. The molecule has 15 heavy (non-hydrogen) atoms. The van der Waals surface area contributed by atoms with E-state index in [1.807, 2.05) is 7.05 Å². The highest BCUT2D eigenvalue weighted by Gasteiger charge is 2.30. The number of hydrogen-bond acceptors (Lipinski definition) is 2. The third-order valence-electron chi connectivity index (χ3n) is 3.37. The summed E-state index contributed by atoms with van der Waals surface area (Å²) in [5.41, 5.74) is 0.508. The van der Waals surface area contributed by atoms with Gasteiger partial charge in [0.1, 0.15) is 0 Å². The van der Waals surface area contributed by atoms with Gasteiger partial charge >= 0.3 is 0 Å². The highest BCUT2D eigenvalue weighted by molar-refractivity contribution is 4.81. The van der Waals surface area contributed by atoms with E-state index in [-0.39, 0.29) is 5.60 Å². The van der Waals surface area contributed by atoms with Gasteiger partial charge in [-0.05, 0) is 52.0 Å². The van der Waals surface area contributed by atoms with E-state index >= 15 is 0 Å². The maximum atomic E-state index is 6.15. The van der Waals surface area contributed by atoms with E-state index in [1.165, 1.54) is 25.7 Å². The van der Waals surface area contributed by atoms with Gasteiger partial charge in [0.25, 0.3) is 0 Å². The van der Waals surface area contributed by atoms with Crippen molar-refractivity contribution in [3.8, 4) is 0 Å². The van der Waals surface area contributed by atoms with E-state index in [0.29, 0.717) is 11.5 Å². The Bertz CT molecular complexity index is 189. The van der Waals surface area contributed by atoms with Crippen molar-refractivity contribution in [2.75, 3.05) is 13.6 Å².